The molecule has 0 saturated carbocycles. The normalized spacial score (nSPS) is 25.5. The average molecular weight is 453 g/mol. The number of hydrogen-bond donors (Lipinski definition) is 0. The first-order valence-electron chi connectivity index (χ1n) is 11.5. The van der Waals surface area contributed by atoms with Gasteiger partial charge in [0.25, 0.3) is 0 Å². The van der Waals surface area contributed by atoms with Crippen LogP contribution in [0.4, 0.5) is 0 Å². The molecule has 0 heterocycles. The average Bonchev–Trinajstić information content (AvgIpc) is 3.48. The van der Waals surface area contributed by atoms with Crippen LogP contribution in [0, 0.1) is 17.8 Å². The van der Waals surface area contributed by atoms with Crippen molar-refractivity contribution in [3.63, 3.8) is 0 Å². The molecule has 0 aromatic rings. The summed E-state index contributed by atoms with van der Waals surface area (Å²) in [5.41, 5.74) is 0. The second-order valence-corrected chi connectivity index (χ2v) is 19.0. The standard InChI is InChI=1S/3C9H13.Y/c3*1-3-8(2)9-6-4-5-7-9;/h3*4-8H,3H2,1-2H3;. The predicted molar refractivity (Wildman–Crippen MR) is 121 cm³/mol. The Balaban J connectivity index is 2.32. The Hall–Kier alpha value is -0.456. The van der Waals surface area contributed by atoms with E-state index < -0.39 is 27.4 Å². The van der Waals surface area contributed by atoms with Gasteiger partial charge in [-0.15, -0.1) is 0 Å². The molecule has 0 aromatic heterocycles. The molecule has 0 spiro atoms. The van der Waals surface area contributed by atoms with E-state index in [0.29, 0.717) is 17.8 Å². The predicted octanol–water partition coefficient (Wildman–Crippen LogP) is 8.60. The maximum atomic E-state index is 2.64. The van der Waals surface area contributed by atoms with Gasteiger partial charge in [-0.05, 0) is 0 Å². The molecule has 0 N–H and O–H groups in total. The van der Waals surface area contributed by atoms with E-state index in [1.807, 2.05) is 0 Å². The number of rotatable bonds is 9. The molecule has 0 nitrogen and oxygen atoms in total. The summed E-state index contributed by atoms with van der Waals surface area (Å²) in [6, 6.07) is 0. The van der Waals surface area contributed by atoms with Gasteiger partial charge < -0.3 is 0 Å². The fourth-order valence-electron chi connectivity index (χ4n) is 6.28. The summed E-state index contributed by atoms with van der Waals surface area (Å²) in [5.74, 6) is 2.07. The third-order valence-corrected chi connectivity index (χ3v) is 22.9. The van der Waals surface area contributed by atoms with E-state index in [1.165, 1.54) is 19.3 Å². The molecule has 0 saturated heterocycles. The molecule has 3 rings (SSSR count). The van der Waals surface area contributed by atoms with Gasteiger partial charge in [-0.25, -0.2) is 0 Å². The second-order valence-electron chi connectivity index (χ2n) is 9.52. The minimum atomic E-state index is -2.58. The molecule has 3 unspecified atom stereocenters. The van der Waals surface area contributed by atoms with E-state index in [9.17, 15) is 0 Å². The van der Waals surface area contributed by atoms with Crippen LogP contribution in [0.25, 0.3) is 0 Å². The Morgan fingerprint density at radius 2 is 0.714 bits per heavy atom. The summed E-state index contributed by atoms with van der Waals surface area (Å²) >= 11 is -2.58. The Kier molecular flexibility index (Phi) is 6.93. The van der Waals surface area contributed by atoms with Gasteiger partial charge in [-0.1, -0.05) is 0 Å². The molecule has 28 heavy (non-hydrogen) atoms. The van der Waals surface area contributed by atoms with Crippen molar-refractivity contribution in [2.45, 2.75) is 67.5 Å². The topological polar surface area (TPSA) is 0 Å². The van der Waals surface area contributed by atoms with E-state index in [0.717, 1.165) is 0 Å². The SMILES string of the molecule is CCC(C)[C]1([Y]([C]2(C(C)CC)C=CC=C2)[C]2(C(C)CC)C=CC=C2)C=CC=C1. The van der Waals surface area contributed by atoms with Crippen LogP contribution < -0.4 is 0 Å². The monoisotopic (exact) mass is 452 g/mol. The van der Waals surface area contributed by atoms with Crippen LogP contribution >= 0.6 is 0 Å². The van der Waals surface area contributed by atoms with Gasteiger partial charge in [0.1, 0.15) is 0 Å². The van der Waals surface area contributed by atoms with Crippen LogP contribution in [-0.2, 0) is 27.4 Å². The Morgan fingerprint density at radius 1 is 0.500 bits per heavy atom. The molecule has 0 fully saturated rings. The zero-order valence-electron chi connectivity index (χ0n) is 18.9. The first kappa shape index (κ1) is 22.2. The van der Waals surface area contributed by atoms with Crippen LogP contribution in [0.15, 0.2) is 72.9 Å². The summed E-state index contributed by atoms with van der Waals surface area (Å²) in [6.45, 7) is 14.7. The molecule has 0 aromatic carbocycles. The Morgan fingerprint density at radius 3 is 0.893 bits per heavy atom. The van der Waals surface area contributed by atoms with Crippen molar-refractivity contribution in [1.82, 2.24) is 0 Å². The molecule has 0 radical (unpaired) electrons. The van der Waals surface area contributed by atoms with Crippen molar-refractivity contribution < 1.29 is 27.4 Å². The molecule has 150 valence electrons. The van der Waals surface area contributed by atoms with Crippen LogP contribution in [0.5, 0.6) is 0 Å². The van der Waals surface area contributed by atoms with Crippen molar-refractivity contribution in [3.05, 3.63) is 72.9 Å². The molecule has 1 heteroatoms. The molecule has 0 aliphatic heterocycles. The molecule has 0 bridgehead atoms. The Labute approximate surface area is 184 Å². The number of hydrogen-bond acceptors (Lipinski definition) is 0. The zero-order chi connectivity index (χ0) is 20.4. The van der Waals surface area contributed by atoms with E-state index in [1.54, 1.807) is 0 Å². The summed E-state index contributed by atoms with van der Waals surface area (Å²) in [7, 11) is 0. The molecule has 3 atom stereocenters. The van der Waals surface area contributed by atoms with Crippen LogP contribution in [0.3, 0.4) is 0 Å². The van der Waals surface area contributed by atoms with Crippen LogP contribution in [0.1, 0.15) is 60.8 Å². The summed E-state index contributed by atoms with van der Waals surface area (Å²) in [6.07, 6.45) is 33.7. The van der Waals surface area contributed by atoms with Gasteiger partial charge in [0.05, 0.1) is 0 Å². The molecular formula is C27H39Y. The van der Waals surface area contributed by atoms with Crippen molar-refractivity contribution >= 4 is 0 Å². The van der Waals surface area contributed by atoms with Gasteiger partial charge >= 0.3 is 186 Å². The van der Waals surface area contributed by atoms with Crippen molar-refractivity contribution in [2.75, 3.05) is 0 Å². The molecule has 3 aliphatic rings. The van der Waals surface area contributed by atoms with E-state index in [2.05, 4.69) is 114 Å². The summed E-state index contributed by atoms with van der Waals surface area (Å²) in [4.78, 5) is 0. The van der Waals surface area contributed by atoms with E-state index >= 15 is 0 Å². The molecule has 0 amide bonds. The third-order valence-electron chi connectivity index (χ3n) is 8.54. The van der Waals surface area contributed by atoms with Gasteiger partial charge in [0, 0.05) is 0 Å². The first-order chi connectivity index (χ1) is 13.4. The van der Waals surface area contributed by atoms with Gasteiger partial charge in [-0.2, -0.15) is 0 Å². The number of allylic oxidation sites excluding steroid dienone is 12. The third kappa shape index (κ3) is 3.28. The molecular weight excluding hydrogens is 413 g/mol. The van der Waals surface area contributed by atoms with Gasteiger partial charge in [-0.3, -0.25) is 0 Å². The first-order valence-corrected chi connectivity index (χ1v) is 15.8. The second kappa shape index (κ2) is 8.73. The van der Waals surface area contributed by atoms with E-state index in [-0.39, 0.29) is 6.68 Å². The summed E-state index contributed by atoms with van der Waals surface area (Å²) in [5, 5.41) is 0. The van der Waals surface area contributed by atoms with Gasteiger partial charge in [0.15, 0.2) is 0 Å². The van der Waals surface area contributed by atoms with Crippen LogP contribution in [0.2, 0.25) is 6.68 Å². The fraction of sp³-hybridized carbons (Fsp3) is 0.556. The Bertz CT molecular complexity index is 594. The zero-order valence-corrected chi connectivity index (χ0v) is 21.7. The maximum absolute atomic E-state index is 2.64. The van der Waals surface area contributed by atoms with Gasteiger partial charge in [0.2, 0.25) is 0 Å². The minimum absolute atomic E-state index is 0.279. The van der Waals surface area contributed by atoms with Crippen molar-refractivity contribution in [1.29, 1.82) is 0 Å². The van der Waals surface area contributed by atoms with Crippen molar-refractivity contribution in [2.24, 2.45) is 17.8 Å². The fourth-order valence-corrected chi connectivity index (χ4v) is 23.1. The van der Waals surface area contributed by atoms with Crippen LogP contribution in [-0.4, -0.2) is 0 Å². The van der Waals surface area contributed by atoms with E-state index in [4.69, 9.17) is 0 Å². The molecule has 3 aliphatic carbocycles. The quantitative estimate of drug-likeness (QED) is 0.329. The summed E-state index contributed by atoms with van der Waals surface area (Å²) < 4.78 is 0.837. The van der Waals surface area contributed by atoms with Crippen molar-refractivity contribution in [3.8, 4) is 0 Å².